The molecular weight excluding hydrogens is 338 g/mol. The minimum absolute atomic E-state index is 0.206. The number of likely N-dealkylation sites (tertiary alicyclic amines) is 2. The highest BCUT2D eigenvalue weighted by atomic mass is 16.5. The number of rotatable bonds is 4. The van der Waals surface area contributed by atoms with Crippen molar-refractivity contribution in [1.82, 2.24) is 14.7 Å². The van der Waals surface area contributed by atoms with E-state index >= 15 is 0 Å². The van der Waals surface area contributed by atoms with Gasteiger partial charge in [-0.25, -0.2) is 0 Å². The van der Waals surface area contributed by atoms with E-state index in [9.17, 15) is 4.79 Å². The number of piperidine rings is 1. The molecule has 1 amide bonds. The number of hydrogen-bond donors (Lipinski definition) is 0. The number of ether oxygens (including phenoxy) is 1. The van der Waals surface area contributed by atoms with Crippen LogP contribution in [0.1, 0.15) is 48.5 Å². The normalized spacial score (nSPS) is 27.8. The van der Waals surface area contributed by atoms with Gasteiger partial charge in [-0.05, 0) is 50.3 Å². The van der Waals surface area contributed by atoms with Crippen molar-refractivity contribution in [3.05, 3.63) is 35.4 Å². The van der Waals surface area contributed by atoms with Gasteiger partial charge in [-0.1, -0.05) is 12.1 Å². The van der Waals surface area contributed by atoms with E-state index in [0.29, 0.717) is 12.1 Å². The van der Waals surface area contributed by atoms with E-state index in [4.69, 9.17) is 4.74 Å². The van der Waals surface area contributed by atoms with Crippen molar-refractivity contribution in [3.63, 3.8) is 0 Å². The summed E-state index contributed by atoms with van der Waals surface area (Å²) < 4.78 is 5.51. The summed E-state index contributed by atoms with van der Waals surface area (Å²) in [6, 6.07) is 9.49. The van der Waals surface area contributed by atoms with E-state index < -0.39 is 0 Å². The zero-order valence-electron chi connectivity index (χ0n) is 16.6. The molecule has 3 saturated heterocycles. The van der Waals surface area contributed by atoms with E-state index in [1.165, 1.54) is 18.4 Å². The summed E-state index contributed by atoms with van der Waals surface area (Å²) in [5, 5.41) is 0. The standard InChI is InChI=1S/C22H33N3O2/c1-18-21(23-12-14-27-15-13-23)8-11-25(18)17-19-6-5-7-20(16-19)22(26)24-9-3-2-4-10-24/h5-7,16,18,21H,2-4,8-15,17H2,1H3/t18-,21-/m1/s1. The number of morpholine rings is 1. The van der Waals surface area contributed by atoms with Crippen LogP contribution in [-0.4, -0.2) is 78.6 Å². The second-order valence-electron chi connectivity index (χ2n) is 8.27. The number of carbonyl (C=O) groups excluding carboxylic acids is 1. The number of benzene rings is 1. The van der Waals surface area contributed by atoms with Crippen LogP contribution in [0.25, 0.3) is 0 Å². The van der Waals surface area contributed by atoms with Gasteiger partial charge in [0.25, 0.3) is 5.91 Å². The second kappa shape index (κ2) is 8.72. The molecule has 2 atom stereocenters. The van der Waals surface area contributed by atoms with Crippen molar-refractivity contribution in [1.29, 1.82) is 0 Å². The van der Waals surface area contributed by atoms with Crippen molar-refractivity contribution < 1.29 is 9.53 Å². The molecule has 5 nitrogen and oxygen atoms in total. The van der Waals surface area contributed by atoms with Crippen LogP contribution >= 0.6 is 0 Å². The van der Waals surface area contributed by atoms with Gasteiger partial charge >= 0.3 is 0 Å². The fourth-order valence-corrected chi connectivity index (χ4v) is 4.92. The Balaban J connectivity index is 1.38. The molecule has 0 unspecified atom stereocenters. The lowest BCUT2D eigenvalue weighted by Gasteiger charge is -2.36. The average Bonchev–Trinajstić information content (AvgIpc) is 3.09. The summed E-state index contributed by atoms with van der Waals surface area (Å²) in [5.41, 5.74) is 2.11. The SMILES string of the molecule is C[C@@H]1[C@H](N2CCOCC2)CCN1Cc1cccc(C(=O)N2CCCCC2)c1. The monoisotopic (exact) mass is 371 g/mol. The molecule has 0 spiro atoms. The van der Waals surface area contributed by atoms with Crippen LogP contribution in [0.5, 0.6) is 0 Å². The third kappa shape index (κ3) is 4.36. The fourth-order valence-electron chi connectivity index (χ4n) is 4.92. The van der Waals surface area contributed by atoms with Crippen LogP contribution in [0.15, 0.2) is 24.3 Å². The summed E-state index contributed by atoms with van der Waals surface area (Å²) >= 11 is 0. The first-order valence-electron chi connectivity index (χ1n) is 10.7. The predicted octanol–water partition coefficient (Wildman–Crippen LogP) is 2.61. The number of amides is 1. The Bertz CT molecular complexity index is 638. The maximum atomic E-state index is 12.8. The van der Waals surface area contributed by atoms with E-state index in [2.05, 4.69) is 28.9 Å². The van der Waals surface area contributed by atoms with Gasteiger partial charge in [0.1, 0.15) is 0 Å². The molecular formula is C22H33N3O2. The molecule has 3 aliphatic rings. The average molecular weight is 372 g/mol. The molecule has 3 fully saturated rings. The lowest BCUT2D eigenvalue weighted by atomic mass is 10.1. The molecule has 0 N–H and O–H groups in total. The van der Waals surface area contributed by atoms with E-state index in [0.717, 1.165) is 70.9 Å². The maximum Gasteiger partial charge on any atom is 0.253 e. The zero-order valence-corrected chi connectivity index (χ0v) is 16.6. The molecule has 0 saturated carbocycles. The van der Waals surface area contributed by atoms with Crippen molar-refractivity contribution in [2.45, 2.75) is 51.2 Å². The third-order valence-electron chi connectivity index (χ3n) is 6.56. The van der Waals surface area contributed by atoms with Gasteiger partial charge in [0.2, 0.25) is 0 Å². The van der Waals surface area contributed by atoms with E-state index in [1.54, 1.807) is 0 Å². The van der Waals surface area contributed by atoms with Gasteiger partial charge in [-0.2, -0.15) is 0 Å². The molecule has 1 aromatic rings. The Kier molecular flexibility index (Phi) is 6.11. The van der Waals surface area contributed by atoms with Crippen LogP contribution in [0.4, 0.5) is 0 Å². The Morgan fingerprint density at radius 1 is 1.07 bits per heavy atom. The molecule has 0 bridgehead atoms. The van der Waals surface area contributed by atoms with Crippen molar-refractivity contribution in [2.24, 2.45) is 0 Å². The van der Waals surface area contributed by atoms with Gasteiger partial charge < -0.3 is 9.64 Å². The minimum atomic E-state index is 0.206. The zero-order chi connectivity index (χ0) is 18.6. The highest BCUT2D eigenvalue weighted by Crippen LogP contribution is 2.26. The number of hydrogen-bond acceptors (Lipinski definition) is 4. The molecule has 3 aliphatic heterocycles. The molecule has 0 aliphatic carbocycles. The first kappa shape index (κ1) is 18.9. The van der Waals surface area contributed by atoms with Crippen LogP contribution in [0.2, 0.25) is 0 Å². The van der Waals surface area contributed by atoms with E-state index in [1.807, 2.05) is 17.0 Å². The summed E-state index contributed by atoms with van der Waals surface area (Å²) in [7, 11) is 0. The summed E-state index contributed by atoms with van der Waals surface area (Å²) in [5.74, 6) is 0.206. The van der Waals surface area contributed by atoms with Gasteiger partial charge in [-0.15, -0.1) is 0 Å². The van der Waals surface area contributed by atoms with Gasteiger partial charge in [-0.3, -0.25) is 14.6 Å². The minimum Gasteiger partial charge on any atom is -0.379 e. The van der Waals surface area contributed by atoms with Crippen LogP contribution in [0, 0.1) is 0 Å². The second-order valence-corrected chi connectivity index (χ2v) is 8.27. The molecule has 1 aromatic carbocycles. The van der Waals surface area contributed by atoms with Crippen LogP contribution in [0.3, 0.4) is 0 Å². The summed E-state index contributed by atoms with van der Waals surface area (Å²) in [6.45, 7) is 10.1. The first-order valence-corrected chi connectivity index (χ1v) is 10.7. The third-order valence-corrected chi connectivity index (χ3v) is 6.56. The topological polar surface area (TPSA) is 36.0 Å². The fraction of sp³-hybridized carbons (Fsp3) is 0.682. The molecule has 4 rings (SSSR count). The van der Waals surface area contributed by atoms with Gasteiger partial charge in [0.15, 0.2) is 0 Å². The Morgan fingerprint density at radius 2 is 1.85 bits per heavy atom. The van der Waals surface area contributed by atoms with Crippen molar-refractivity contribution in [2.75, 3.05) is 45.9 Å². The molecule has 3 heterocycles. The van der Waals surface area contributed by atoms with Crippen LogP contribution < -0.4 is 0 Å². The molecule has 27 heavy (non-hydrogen) atoms. The quantitative estimate of drug-likeness (QED) is 0.815. The Hall–Kier alpha value is -1.43. The largest absolute Gasteiger partial charge is 0.379 e. The van der Waals surface area contributed by atoms with Crippen molar-refractivity contribution in [3.8, 4) is 0 Å². The lowest BCUT2D eigenvalue weighted by Crippen LogP contribution is -2.48. The van der Waals surface area contributed by atoms with Crippen molar-refractivity contribution >= 4 is 5.91 Å². The molecule has 0 radical (unpaired) electrons. The molecule has 0 aromatic heterocycles. The highest BCUT2D eigenvalue weighted by Gasteiger charge is 2.35. The number of nitrogens with zero attached hydrogens (tertiary/aromatic N) is 3. The summed E-state index contributed by atoms with van der Waals surface area (Å²) in [6.07, 6.45) is 4.76. The Labute approximate surface area is 163 Å². The number of carbonyl (C=O) groups is 1. The predicted molar refractivity (Wildman–Crippen MR) is 107 cm³/mol. The van der Waals surface area contributed by atoms with E-state index in [-0.39, 0.29) is 5.91 Å². The summed E-state index contributed by atoms with van der Waals surface area (Å²) in [4.78, 5) is 20.0. The van der Waals surface area contributed by atoms with Gasteiger partial charge in [0, 0.05) is 56.9 Å². The molecule has 5 heteroatoms. The maximum absolute atomic E-state index is 12.8. The Morgan fingerprint density at radius 3 is 2.63 bits per heavy atom. The lowest BCUT2D eigenvalue weighted by molar-refractivity contribution is 0.00984. The molecule has 148 valence electrons. The van der Waals surface area contributed by atoms with Gasteiger partial charge in [0.05, 0.1) is 13.2 Å². The van der Waals surface area contributed by atoms with Crippen LogP contribution in [-0.2, 0) is 11.3 Å². The first-order chi connectivity index (χ1) is 13.2. The smallest absolute Gasteiger partial charge is 0.253 e. The highest BCUT2D eigenvalue weighted by molar-refractivity contribution is 5.94.